The molecular weight excluding hydrogens is 321 g/mol. The SMILES string of the molecule is Cc1cc(N)nc(SCC(=O)NC(=O)Nc2ccccc2F)n1. The lowest BCUT2D eigenvalue weighted by Gasteiger charge is -2.07. The first-order valence-corrected chi connectivity index (χ1v) is 7.52. The van der Waals surface area contributed by atoms with Crippen molar-refractivity contribution in [2.24, 2.45) is 0 Å². The Morgan fingerprint density at radius 1 is 1.30 bits per heavy atom. The van der Waals surface area contributed by atoms with E-state index in [4.69, 9.17) is 5.73 Å². The maximum Gasteiger partial charge on any atom is 0.325 e. The Morgan fingerprint density at radius 3 is 2.74 bits per heavy atom. The number of nitrogens with zero attached hydrogens (tertiary/aromatic N) is 2. The van der Waals surface area contributed by atoms with Crippen molar-refractivity contribution in [3.8, 4) is 0 Å². The summed E-state index contributed by atoms with van der Waals surface area (Å²) in [6.45, 7) is 1.75. The summed E-state index contributed by atoms with van der Waals surface area (Å²) in [5, 5.41) is 4.68. The van der Waals surface area contributed by atoms with Crippen molar-refractivity contribution in [1.29, 1.82) is 0 Å². The molecule has 120 valence electrons. The zero-order valence-corrected chi connectivity index (χ0v) is 13.0. The third-order valence-corrected chi connectivity index (χ3v) is 3.41. The van der Waals surface area contributed by atoms with Gasteiger partial charge in [-0.25, -0.2) is 19.2 Å². The number of nitrogens with one attached hydrogen (secondary N) is 2. The maximum atomic E-state index is 13.4. The highest BCUT2D eigenvalue weighted by molar-refractivity contribution is 7.99. The van der Waals surface area contributed by atoms with Crippen LogP contribution in [0.25, 0.3) is 0 Å². The number of imide groups is 1. The molecule has 0 aliphatic carbocycles. The summed E-state index contributed by atoms with van der Waals surface area (Å²) in [5.41, 5.74) is 6.25. The summed E-state index contributed by atoms with van der Waals surface area (Å²) in [6.07, 6.45) is 0. The van der Waals surface area contributed by atoms with Crippen LogP contribution in [0.3, 0.4) is 0 Å². The van der Waals surface area contributed by atoms with Gasteiger partial charge in [0.15, 0.2) is 5.16 Å². The van der Waals surface area contributed by atoms with E-state index in [0.29, 0.717) is 16.7 Å². The second-order valence-electron chi connectivity index (χ2n) is 4.49. The van der Waals surface area contributed by atoms with Crippen LogP contribution in [-0.4, -0.2) is 27.7 Å². The second-order valence-corrected chi connectivity index (χ2v) is 5.43. The zero-order chi connectivity index (χ0) is 16.8. The van der Waals surface area contributed by atoms with Crippen LogP contribution in [0.1, 0.15) is 5.69 Å². The van der Waals surface area contributed by atoms with Crippen LogP contribution in [0.15, 0.2) is 35.5 Å². The van der Waals surface area contributed by atoms with E-state index in [1.165, 1.54) is 18.2 Å². The maximum absolute atomic E-state index is 13.4. The monoisotopic (exact) mass is 335 g/mol. The lowest BCUT2D eigenvalue weighted by atomic mass is 10.3. The minimum atomic E-state index is -0.814. The Hall–Kier alpha value is -2.68. The summed E-state index contributed by atoms with van der Waals surface area (Å²) in [4.78, 5) is 31.4. The molecule has 23 heavy (non-hydrogen) atoms. The number of aryl methyl sites for hydroxylation is 1. The van der Waals surface area contributed by atoms with E-state index in [0.717, 1.165) is 11.8 Å². The minimum Gasteiger partial charge on any atom is -0.384 e. The quantitative estimate of drug-likeness (QED) is 0.582. The molecule has 0 spiro atoms. The zero-order valence-electron chi connectivity index (χ0n) is 12.2. The summed E-state index contributed by atoms with van der Waals surface area (Å²) in [6, 6.07) is 6.44. The van der Waals surface area contributed by atoms with Gasteiger partial charge in [-0.15, -0.1) is 0 Å². The summed E-state index contributed by atoms with van der Waals surface area (Å²) in [7, 11) is 0. The number of carbonyl (C=O) groups is 2. The average molecular weight is 335 g/mol. The number of halogens is 1. The molecule has 1 heterocycles. The van der Waals surface area contributed by atoms with Gasteiger partial charge in [0.05, 0.1) is 11.4 Å². The molecule has 1 aromatic carbocycles. The van der Waals surface area contributed by atoms with Crippen LogP contribution >= 0.6 is 11.8 Å². The fraction of sp³-hybridized carbons (Fsp3) is 0.143. The van der Waals surface area contributed by atoms with Crippen LogP contribution in [-0.2, 0) is 4.79 Å². The third kappa shape index (κ3) is 5.22. The van der Waals surface area contributed by atoms with Crippen molar-refractivity contribution in [2.45, 2.75) is 12.1 Å². The van der Waals surface area contributed by atoms with E-state index in [1.54, 1.807) is 19.1 Å². The topological polar surface area (TPSA) is 110 Å². The third-order valence-electron chi connectivity index (χ3n) is 2.56. The highest BCUT2D eigenvalue weighted by atomic mass is 32.2. The first kappa shape index (κ1) is 16.7. The van der Waals surface area contributed by atoms with Gasteiger partial charge < -0.3 is 11.1 Å². The van der Waals surface area contributed by atoms with Crippen molar-refractivity contribution in [3.05, 3.63) is 41.8 Å². The number of nitrogen functional groups attached to an aromatic ring is 1. The van der Waals surface area contributed by atoms with E-state index in [9.17, 15) is 14.0 Å². The minimum absolute atomic E-state index is 0.0137. The number of amides is 3. The summed E-state index contributed by atoms with van der Waals surface area (Å²) >= 11 is 1.04. The number of carbonyl (C=O) groups excluding carboxylic acids is 2. The molecule has 0 unspecified atom stereocenters. The second kappa shape index (κ2) is 7.54. The van der Waals surface area contributed by atoms with Gasteiger partial charge in [0.25, 0.3) is 0 Å². The number of para-hydroxylation sites is 1. The molecule has 2 aromatic rings. The van der Waals surface area contributed by atoms with Crippen molar-refractivity contribution >= 4 is 35.2 Å². The van der Waals surface area contributed by atoms with Gasteiger partial charge in [0.1, 0.15) is 11.6 Å². The Labute approximate surface area is 135 Å². The van der Waals surface area contributed by atoms with Crippen LogP contribution < -0.4 is 16.4 Å². The first-order chi connectivity index (χ1) is 10.9. The lowest BCUT2D eigenvalue weighted by molar-refractivity contribution is -0.117. The molecule has 0 bridgehead atoms. The Kier molecular flexibility index (Phi) is 5.47. The number of thioether (sulfide) groups is 1. The standard InChI is InChI=1S/C14H14FN5O2S/c1-8-6-11(16)19-14(17-8)23-7-12(21)20-13(22)18-10-5-3-2-4-9(10)15/h2-6H,7H2,1H3,(H2,16,17,19)(H2,18,20,21,22). The van der Waals surface area contributed by atoms with Gasteiger partial charge in [0.2, 0.25) is 5.91 Å². The lowest BCUT2D eigenvalue weighted by Crippen LogP contribution is -2.35. The molecule has 0 atom stereocenters. The molecule has 4 N–H and O–H groups in total. The van der Waals surface area contributed by atoms with E-state index < -0.39 is 17.8 Å². The Morgan fingerprint density at radius 2 is 2.04 bits per heavy atom. The Balaban J connectivity index is 1.84. The van der Waals surface area contributed by atoms with Crippen molar-refractivity contribution < 1.29 is 14.0 Å². The molecule has 3 amide bonds. The van der Waals surface area contributed by atoms with E-state index in [-0.39, 0.29) is 11.4 Å². The summed E-state index contributed by atoms with van der Waals surface area (Å²) in [5.74, 6) is -0.925. The molecule has 0 radical (unpaired) electrons. The molecule has 7 nitrogen and oxygen atoms in total. The molecule has 0 aliphatic rings. The predicted molar refractivity (Wildman–Crippen MR) is 85.5 cm³/mol. The largest absolute Gasteiger partial charge is 0.384 e. The fourth-order valence-electron chi connectivity index (χ4n) is 1.64. The van der Waals surface area contributed by atoms with E-state index >= 15 is 0 Å². The number of anilines is 2. The van der Waals surface area contributed by atoms with Gasteiger partial charge in [-0.05, 0) is 19.1 Å². The fourth-order valence-corrected chi connectivity index (χ4v) is 2.35. The highest BCUT2D eigenvalue weighted by Gasteiger charge is 2.11. The summed E-state index contributed by atoms with van der Waals surface area (Å²) < 4.78 is 13.4. The normalized spacial score (nSPS) is 10.2. The van der Waals surface area contributed by atoms with E-state index in [1.807, 2.05) is 0 Å². The average Bonchev–Trinajstić information content (AvgIpc) is 2.46. The van der Waals surface area contributed by atoms with Crippen LogP contribution in [0, 0.1) is 12.7 Å². The predicted octanol–water partition coefficient (Wildman–Crippen LogP) is 1.95. The Bertz CT molecular complexity index is 721. The van der Waals surface area contributed by atoms with Crippen molar-refractivity contribution in [2.75, 3.05) is 16.8 Å². The van der Waals surface area contributed by atoms with Gasteiger partial charge in [-0.1, -0.05) is 23.9 Å². The number of urea groups is 1. The van der Waals surface area contributed by atoms with Gasteiger partial charge >= 0.3 is 6.03 Å². The number of hydrogen-bond acceptors (Lipinski definition) is 6. The highest BCUT2D eigenvalue weighted by Crippen LogP contribution is 2.15. The van der Waals surface area contributed by atoms with Gasteiger partial charge in [-0.2, -0.15) is 0 Å². The smallest absolute Gasteiger partial charge is 0.325 e. The molecule has 0 aliphatic heterocycles. The first-order valence-electron chi connectivity index (χ1n) is 6.53. The van der Waals surface area contributed by atoms with Crippen molar-refractivity contribution in [3.63, 3.8) is 0 Å². The number of rotatable bonds is 4. The number of nitrogens with two attached hydrogens (primary N) is 1. The van der Waals surface area contributed by atoms with Gasteiger partial charge in [-0.3, -0.25) is 10.1 Å². The molecule has 0 saturated heterocycles. The molecule has 0 fully saturated rings. The molecular formula is C14H14FN5O2S. The molecule has 1 aromatic heterocycles. The van der Waals surface area contributed by atoms with Crippen LogP contribution in [0.2, 0.25) is 0 Å². The van der Waals surface area contributed by atoms with Crippen molar-refractivity contribution in [1.82, 2.24) is 15.3 Å². The van der Waals surface area contributed by atoms with Gasteiger partial charge in [0, 0.05) is 11.8 Å². The molecule has 0 saturated carbocycles. The molecule has 2 rings (SSSR count). The number of hydrogen-bond donors (Lipinski definition) is 3. The molecule has 9 heteroatoms. The number of aromatic nitrogens is 2. The van der Waals surface area contributed by atoms with E-state index in [2.05, 4.69) is 20.6 Å². The van der Waals surface area contributed by atoms with Crippen LogP contribution in [0.4, 0.5) is 20.7 Å². The number of benzene rings is 1. The van der Waals surface area contributed by atoms with Crippen LogP contribution in [0.5, 0.6) is 0 Å².